The molecule has 120 valence electrons. The minimum absolute atomic E-state index is 0. The molecule has 1 saturated heterocycles. The minimum atomic E-state index is -0.717. The van der Waals surface area contributed by atoms with Crippen LogP contribution < -0.4 is 11.1 Å². The summed E-state index contributed by atoms with van der Waals surface area (Å²) in [7, 11) is 0. The zero-order valence-corrected chi connectivity index (χ0v) is 14.4. The summed E-state index contributed by atoms with van der Waals surface area (Å²) in [5.74, 6) is 0.0131. The Morgan fingerprint density at radius 3 is 2.50 bits per heavy atom. The Bertz CT molecular complexity index is 322. The quantitative estimate of drug-likeness (QED) is 0.813. The van der Waals surface area contributed by atoms with Crippen LogP contribution in [0.3, 0.4) is 0 Å². The molecule has 0 aromatic rings. The zero-order valence-electron chi connectivity index (χ0n) is 12.7. The van der Waals surface area contributed by atoms with E-state index in [1.54, 1.807) is 0 Å². The molecule has 3 unspecified atom stereocenters. The Hall–Kier alpha value is -0.0300. The molecule has 0 bridgehead atoms. The SMILES string of the molecule is CCCC(C)(N)C(=O)NC1CC(C)N(C2CC2)C1.Cl.Cl. The maximum absolute atomic E-state index is 12.2. The third-order valence-corrected chi connectivity index (χ3v) is 4.26. The molecule has 2 rings (SSSR count). The molecule has 20 heavy (non-hydrogen) atoms. The van der Waals surface area contributed by atoms with Crippen LogP contribution in [-0.4, -0.2) is 41.0 Å². The highest BCUT2D eigenvalue weighted by molar-refractivity contribution is 5.86. The number of nitrogens with zero attached hydrogens (tertiary/aromatic N) is 1. The summed E-state index contributed by atoms with van der Waals surface area (Å²) in [6.45, 7) is 7.16. The van der Waals surface area contributed by atoms with E-state index >= 15 is 0 Å². The van der Waals surface area contributed by atoms with E-state index in [2.05, 4.69) is 24.1 Å². The second kappa shape index (κ2) is 7.83. The predicted octanol–water partition coefficient (Wildman–Crippen LogP) is 2.09. The Kier molecular flexibility index (Phi) is 7.82. The van der Waals surface area contributed by atoms with Crippen LogP contribution in [0.4, 0.5) is 0 Å². The highest BCUT2D eigenvalue weighted by Crippen LogP contribution is 2.33. The number of rotatable bonds is 5. The number of nitrogens with one attached hydrogen (secondary N) is 1. The van der Waals surface area contributed by atoms with Gasteiger partial charge in [-0.15, -0.1) is 24.8 Å². The molecule has 2 aliphatic rings. The van der Waals surface area contributed by atoms with Crippen molar-refractivity contribution in [1.29, 1.82) is 0 Å². The van der Waals surface area contributed by atoms with Crippen molar-refractivity contribution in [3.05, 3.63) is 0 Å². The van der Waals surface area contributed by atoms with Gasteiger partial charge in [0.25, 0.3) is 0 Å². The van der Waals surface area contributed by atoms with E-state index in [1.165, 1.54) is 12.8 Å². The van der Waals surface area contributed by atoms with E-state index in [1.807, 2.05) is 6.92 Å². The average molecular weight is 326 g/mol. The van der Waals surface area contributed by atoms with Gasteiger partial charge < -0.3 is 11.1 Å². The maximum Gasteiger partial charge on any atom is 0.240 e. The van der Waals surface area contributed by atoms with Crippen LogP contribution in [0.25, 0.3) is 0 Å². The van der Waals surface area contributed by atoms with E-state index in [4.69, 9.17) is 5.73 Å². The monoisotopic (exact) mass is 325 g/mol. The van der Waals surface area contributed by atoms with Crippen LogP contribution in [0.2, 0.25) is 0 Å². The largest absolute Gasteiger partial charge is 0.350 e. The fourth-order valence-corrected chi connectivity index (χ4v) is 3.06. The summed E-state index contributed by atoms with van der Waals surface area (Å²) < 4.78 is 0. The molecule has 1 amide bonds. The molecule has 2 fully saturated rings. The van der Waals surface area contributed by atoms with Gasteiger partial charge in [-0.05, 0) is 39.5 Å². The second-order valence-corrected chi connectivity index (χ2v) is 6.35. The van der Waals surface area contributed by atoms with Crippen LogP contribution in [0.5, 0.6) is 0 Å². The normalized spacial score (nSPS) is 29.0. The van der Waals surface area contributed by atoms with Crippen molar-refractivity contribution in [2.45, 2.75) is 76.5 Å². The van der Waals surface area contributed by atoms with Gasteiger partial charge in [-0.25, -0.2) is 0 Å². The highest BCUT2D eigenvalue weighted by Gasteiger charge is 2.40. The third-order valence-electron chi connectivity index (χ3n) is 4.26. The Morgan fingerprint density at radius 2 is 2.00 bits per heavy atom. The van der Waals surface area contributed by atoms with Gasteiger partial charge in [0.2, 0.25) is 5.91 Å². The van der Waals surface area contributed by atoms with Crippen LogP contribution in [0.15, 0.2) is 0 Å². The van der Waals surface area contributed by atoms with E-state index in [0.717, 1.165) is 31.8 Å². The van der Waals surface area contributed by atoms with Crippen LogP contribution >= 0.6 is 24.8 Å². The van der Waals surface area contributed by atoms with Gasteiger partial charge in [-0.2, -0.15) is 0 Å². The first kappa shape index (κ1) is 20.0. The molecule has 3 atom stereocenters. The summed E-state index contributed by atoms with van der Waals surface area (Å²) in [6.07, 6.45) is 5.40. The summed E-state index contributed by atoms with van der Waals surface area (Å²) in [5.41, 5.74) is 5.35. The van der Waals surface area contributed by atoms with Crippen molar-refractivity contribution < 1.29 is 4.79 Å². The van der Waals surface area contributed by atoms with Gasteiger partial charge in [-0.1, -0.05) is 13.3 Å². The highest BCUT2D eigenvalue weighted by atomic mass is 35.5. The van der Waals surface area contributed by atoms with Gasteiger partial charge in [0.05, 0.1) is 5.54 Å². The number of hydrogen-bond donors (Lipinski definition) is 2. The molecular weight excluding hydrogens is 297 g/mol. The lowest BCUT2D eigenvalue weighted by molar-refractivity contribution is -0.126. The smallest absolute Gasteiger partial charge is 0.240 e. The van der Waals surface area contributed by atoms with E-state index in [-0.39, 0.29) is 36.8 Å². The molecule has 0 aromatic carbocycles. The van der Waals surface area contributed by atoms with Crippen LogP contribution in [0, 0.1) is 0 Å². The van der Waals surface area contributed by atoms with Crippen LogP contribution in [0.1, 0.15) is 52.9 Å². The Balaban J connectivity index is 0.00000180. The van der Waals surface area contributed by atoms with Gasteiger partial charge >= 0.3 is 0 Å². The minimum Gasteiger partial charge on any atom is -0.350 e. The lowest BCUT2D eigenvalue weighted by atomic mass is 9.96. The van der Waals surface area contributed by atoms with Crippen molar-refractivity contribution in [2.24, 2.45) is 5.73 Å². The number of carbonyl (C=O) groups excluding carboxylic acids is 1. The first-order chi connectivity index (χ1) is 8.44. The molecular formula is C14H29Cl2N3O. The second-order valence-electron chi connectivity index (χ2n) is 6.35. The number of carbonyl (C=O) groups is 1. The van der Waals surface area contributed by atoms with Gasteiger partial charge in [-0.3, -0.25) is 9.69 Å². The summed E-state index contributed by atoms with van der Waals surface area (Å²) in [5, 5.41) is 3.14. The Labute approximate surface area is 135 Å². The van der Waals surface area contributed by atoms with Crippen molar-refractivity contribution in [1.82, 2.24) is 10.2 Å². The van der Waals surface area contributed by atoms with Crippen molar-refractivity contribution in [3.8, 4) is 0 Å². The first-order valence-electron chi connectivity index (χ1n) is 7.29. The maximum atomic E-state index is 12.2. The molecule has 6 heteroatoms. The molecule has 1 saturated carbocycles. The van der Waals surface area contributed by atoms with Gasteiger partial charge in [0, 0.05) is 24.7 Å². The van der Waals surface area contributed by atoms with Gasteiger partial charge in [0.1, 0.15) is 0 Å². The van der Waals surface area contributed by atoms with Crippen LogP contribution in [-0.2, 0) is 4.79 Å². The lowest BCUT2D eigenvalue weighted by Gasteiger charge is -2.25. The number of hydrogen-bond acceptors (Lipinski definition) is 3. The van der Waals surface area contributed by atoms with E-state index < -0.39 is 5.54 Å². The average Bonchev–Trinajstić information content (AvgIpc) is 3.04. The predicted molar refractivity (Wildman–Crippen MR) is 87.7 cm³/mol. The number of halogens is 2. The van der Waals surface area contributed by atoms with Crippen molar-refractivity contribution in [2.75, 3.05) is 6.54 Å². The summed E-state index contributed by atoms with van der Waals surface area (Å²) >= 11 is 0. The molecule has 0 spiro atoms. The molecule has 4 nitrogen and oxygen atoms in total. The Morgan fingerprint density at radius 1 is 1.40 bits per heavy atom. The van der Waals surface area contributed by atoms with Crippen molar-refractivity contribution in [3.63, 3.8) is 0 Å². The molecule has 1 aliphatic carbocycles. The number of nitrogens with two attached hydrogens (primary N) is 1. The van der Waals surface area contributed by atoms with E-state index in [0.29, 0.717) is 6.04 Å². The standard InChI is InChI=1S/C14H27N3O.2ClH/c1-4-7-14(3,15)13(18)16-11-8-10(2)17(9-11)12-5-6-12;;/h10-12H,4-9,15H2,1-3H3,(H,16,18);2*1H. The molecule has 0 aromatic heterocycles. The molecule has 0 radical (unpaired) electrons. The zero-order chi connectivity index (χ0) is 13.3. The molecule has 3 N–H and O–H groups in total. The topological polar surface area (TPSA) is 58.4 Å². The van der Waals surface area contributed by atoms with E-state index in [9.17, 15) is 4.79 Å². The van der Waals surface area contributed by atoms with Gasteiger partial charge in [0.15, 0.2) is 0 Å². The molecule has 1 aliphatic heterocycles. The summed E-state index contributed by atoms with van der Waals surface area (Å²) in [6, 6.07) is 1.66. The fourth-order valence-electron chi connectivity index (χ4n) is 3.06. The third kappa shape index (κ3) is 4.76. The number of likely N-dealkylation sites (tertiary alicyclic amines) is 1. The number of amides is 1. The first-order valence-corrected chi connectivity index (χ1v) is 7.29. The molecule has 1 heterocycles. The summed E-state index contributed by atoms with van der Waals surface area (Å²) in [4.78, 5) is 14.7. The fraction of sp³-hybridized carbons (Fsp3) is 0.929. The lowest BCUT2D eigenvalue weighted by Crippen LogP contribution is -2.54. The van der Waals surface area contributed by atoms with Crippen molar-refractivity contribution >= 4 is 30.7 Å².